The molecule has 0 bridgehead atoms. The summed E-state index contributed by atoms with van der Waals surface area (Å²) in [7, 11) is 4.12. The Balaban J connectivity index is 2.32. The van der Waals surface area contributed by atoms with Gasteiger partial charge < -0.3 is 15.5 Å². The van der Waals surface area contributed by atoms with Crippen LogP contribution in [0.25, 0.3) is 0 Å². The number of hydrogen-bond acceptors (Lipinski definition) is 3. The lowest BCUT2D eigenvalue weighted by Crippen LogP contribution is -2.46. The van der Waals surface area contributed by atoms with E-state index in [0.29, 0.717) is 5.92 Å². The number of hydrogen-bond donors (Lipinski definition) is 2. The highest BCUT2D eigenvalue weighted by Gasteiger charge is 2.28. The van der Waals surface area contributed by atoms with Crippen molar-refractivity contribution in [2.24, 2.45) is 11.8 Å². The highest BCUT2D eigenvalue weighted by molar-refractivity contribution is 5.79. The van der Waals surface area contributed by atoms with Crippen molar-refractivity contribution in [3.05, 3.63) is 0 Å². The predicted molar refractivity (Wildman–Crippen MR) is 70.9 cm³/mol. The Bertz CT molecular complexity index is 243. The number of carbonyl (C=O) groups excluding carboxylic acids is 1. The van der Waals surface area contributed by atoms with Gasteiger partial charge in [0.2, 0.25) is 5.91 Å². The SMILES string of the molecule is CC(CCN(C)C)NC(=O)C1CCNCC1C. The van der Waals surface area contributed by atoms with Gasteiger partial charge in [0.1, 0.15) is 0 Å². The third kappa shape index (κ3) is 5.04. The lowest BCUT2D eigenvalue weighted by atomic mass is 9.87. The van der Waals surface area contributed by atoms with Crippen LogP contribution in [0.4, 0.5) is 0 Å². The Morgan fingerprint density at radius 3 is 2.82 bits per heavy atom. The molecule has 4 heteroatoms. The molecule has 0 aromatic heterocycles. The van der Waals surface area contributed by atoms with Crippen LogP contribution >= 0.6 is 0 Å². The summed E-state index contributed by atoms with van der Waals surface area (Å²) in [6.07, 6.45) is 1.98. The predicted octanol–water partition coefficient (Wildman–Crippen LogP) is 0.688. The van der Waals surface area contributed by atoms with Crippen LogP contribution in [0.3, 0.4) is 0 Å². The van der Waals surface area contributed by atoms with Crippen molar-refractivity contribution in [1.29, 1.82) is 0 Å². The van der Waals surface area contributed by atoms with Gasteiger partial charge in [-0.3, -0.25) is 4.79 Å². The summed E-state index contributed by atoms with van der Waals surface area (Å²) in [5, 5.41) is 6.47. The van der Waals surface area contributed by atoms with E-state index in [1.165, 1.54) is 0 Å². The zero-order valence-electron chi connectivity index (χ0n) is 11.6. The van der Waals surface area contributed by atoms with Crippen molar-refractivity contribution in [2.45, 2.75) is 32.7 Å². The van der Waals surface area contributed by atoms with E-state index in [4.69, 9.17) is 0 Å². The largest absolute Gasteiger partial charge is 0.353 e. The van der Waals surface area contributed by atoms with Crippen LogP contribution < -0.4 is 10.6 Å². The smallest absolute Gasteiger partial charge is 0.223 e. The van der Waals surface area contributed by atoms with Crippen molar-refractivity contribution in [3.63, 3.8) is 0 Å². The minimum Gasteiger partial charge on any atom is -0.353 e. The average molecular weight is 241 g/mol. The van der Waals surface area contributed by atoms with E-state index < -0.39 is 0 Å². The molecule has 3 atom stereocenters. The molecular weight excluding hydrogens is 214 g/mol. The molecule has 0 aromatic rings. The van der Waals surface area contributed by atoms with Gasteiger partial charge >= 0.3 is 0 Å². The maximum absolute atomic E-state index is 12.1. The van der Waals surface area contributed by atoms with Crippen molar-refractivity contribution in [1.82, 2.24) is 15.5 Å². The molecular formula is C13H27N3O. The minimum absolute atomic E-state index is 0.193. The molecule has 1 saturated heterocycles. The molecule has 1 fully saturated rings. The molecule has 1 aliphatic rings. The number of rotatable bonds is 5. The molecule has 0 aliphatic carbocycles. The third-order valence-electron chi connectivity index (χ3n) is 3.52. The van der Waals surface area contributed by atoms with Crippen LogP contribution in [0, 0.1) is 11.8 Å². The molecule has 2 N–H and O–H groups in total. The van der Waals surface area contributed by atoms with Crippen molar-refractivity contribution in [2.75, 3.05) is 33.7 Å². The van der Waals surface area contributed by atoms with Gasteiger partial charge in [-0.1, -0.05) is 6.92 Å². The molecule has 0 spiro atoms. The van der Waals surface area contributed by atoms with Crippen molar-refractivity contribution >= 4 is 5.91 Å². The zero-order valence-corrected chi connectivity index (χ0v) is 11.6. The molecule has 1 rings (SSSR count). The van der Waals surface area contributed by atoms with Gasteiger partial charge in [-0.05, 0) is 59.4 Å². The second-order valence-electron chi connectivity index (χ2n) is 5.58. The maximum atomic E-state index is 12.1. The molecule has 3 unspecified atom stereocenters. The second-order valence-corrected chi connectivity index (χ2v) is 5.58. The fourth-order valence-corrected chi connectivity index (χ4v) is 2.28. The van der Waals surface area contributed by atoms with E-state index in [0.717, 1.165) is 32.5 Å². The normalized spacial score (nSPS) is 26.9. The molecule has 1 aliphatic heterocycles. The van der Waals surface area contributed by atoms with Gasteiger partial charge in [0.05, 0.1) is 0 Å². The van der Waals surface area contributed by atoms with Gasteiger partial charge in [-0.15, -0.1) is 0 Å². The Kier molecular flexibility index (Phi) is 5.92. The zero-order chi connectivity index (χ0) is 12.8. The fraction of sp³-hybridized carbons (Fsp3) is 0.923. The molecule has 0 saturated carbocycles. The van der Waals surface area contributed by atoms with Gasteiger partial charge in [-0.25, -0.2) is 0 Å². The van der Waals surface area contributed by atoms with E-state index in [-0.39, 0.29) is 17.9 Å². The van der Waals surface area contributed by atoms with Crippen molar-refractivity contribution in [3.8, 4) is 0 Å². The molecule has 0 radical (unpaired) electrons. The summed E-state index contributed by atoms with van der Waals surface area (Å²) in [5.41, 5.74) is 0. The van der Waals surface area contributed by atoms with Crippen LogP contribution in [-0.2, 0) is 4.79 Å². The molecule has 100 valence electrons. The molecule has 1 heterocycles. The minimum atomic E-state index is 0.193. The van der Waals surface area contributed by atoms with Gasteiger partial charge in [0.15, 0.2) is 0 Å². The first-order valence-electron chi connectivity index (χ1n) is 6.66. The number of carbonyl (C=O) groups is 1. The van der Waals surface area contributed by atoms with E-state index in [1.54, 1.807) is 0 Å². The summed E-state index contributed by atoms with van der Waals surface area (Å²) in [6.45, 7) is 7.19. The Morgan fingerprint density at radius 2 is 2.24 bits per heavy atom. The van der Waals surface area contributed by atoms with E-state index in [9.17, 15) is 4.79 Å². The van der Waals surface area contributed by atoms with Crippen LogP contribution in [0.2, 0.25) is 0 Å². The Hall–Kier alpha value is -0.610. The Morgan fingerprint density at radius 1 is 1.53 bits per heavy atom. The van der Waals surface area contributed by atoms with E-state index in [2.05, 4.69) is 43.5 Å². The molecule has 4 nitrogen and oxygen atoms in total. The van der Waals surface area contributed by atoms with Gasteiger partial charge in [0.25, 0.3) is 0 Å². The van der Waals surface area contributed by atoms with Gasteiger partial charge in [0, 0.05) is 12.0 Å². The summed E-state index contributed by atoms with van der Waals surface area (Å²) >= 11 is 0. The topological polar surface area (TPSA) is 44.4 Å². The average Bonchev–Trinajstić information content (AvgIpc) is 2.26. The number of nitrogens with one attached hydrogen (secondary N) is 2. The first-order chi connectivity index (χ1) is 8.00. The number of amides is 1. The summed E-state index contributed by atoms with van der Waals surface area (Å²) in [4.78, 5) is 14.3. The lowest BCUT2D eigenvalue weighted by Gasteiger charge is -2.29. The molecule has 17 heavy (non-hydrogen) atoms. The second kappa shape index (κ2) is 6.97. The molecule has 1 amide bonds. The summed E-state index contributed by atoms with van der Waals surface area (Å²) < 4.78 is 0. The highest BCUT2D eigenvalue weighted by Crippen LogP contribution is 2.18. The van der Waals surface area contributed by atoms with Crippen LogP contribution in [0.15, 0.2) is 0 Å². The number of nitrogens with zero attached hydrogens (tertiary/aromatic N) is 1. The molecule has 0 aromatic carbocycles. The Labute approximate surface area is 105 Å². The van der Waals surface area contributed by atoms with Crippen molar-refractivity contribution < 1.29 is 4.79 Å². The quantitative estimate of drug-likeness (QED) is 0.744. The van der Waals surface area contributed by atoms with Crippen LogP contribution in [0.1, 0.15) is 26.7 Å². The van der Waals surface area contributed by atoms with Crippen LogP contribution in [-0.4, -0.2) is 50.6 Å². The number of piperidine rings is 1. The summed E-state index contributed by atoms with van der Waals surface area (Å²) in [6, 6.07) is 0.270. The van der Waals surface area contributed by atoms with Crippen LogP contribution in [0.5, 0.6) is 0 Å². The lowest BCUT2D eigenvalue weighted by molar-refractivity contribution is -0.127. The summed E-state index contributed by atoms with van der Waals surface area (Å²) in [5.74, 6) is 0.883. The first kappa shape index (κ1) is 14.5. The monoisotopic (exact) mass is 241 g/mol. The highest BCUT2D eigenvalue weighted by atomic mass is 16.1. The van der Waals surface area contributed by atoms with E-state index in [1.807, 2.05) is 0 Å². The third-order valence-corrected chi connectivity index (χ3v) is 3.52. The fourth-order valence-electron chi connectivity index (χ4n) is 2.28. The maximum Gasteiger partial charge on any atom is 0.223 e. The van der Waals surface area contributed by atoms with E-state index >= 15 is 0 Å². The first-order valence-corrected chi connectivity index (χ1v) is 6.66. The standard InChI is InChI=1S/C13H27N3O/c1-10-9-14-7-5-12(10)13(17)15-11(2)6-8-16(3)4/h10-12,14H,5-9H2,1-4H3,(H,15,17). The van der Waals surface area contributed by atoms with Gasteiger partial charge in [-0.2, -0.15) is 0 Å².